The highest BCUT2D eigenvalue weighted by molar-refractivity contribution is 5.99. The van der Waals surface area contributed by atoms with Crippen LogP contribution in [0.5, 0.6) is 0 Å². The molecule has 5 heteroatoms. The number of benzene rings is 1. The summed E-state index contributed by atoms with van der Waals surface area (Å²) in [7, 11) is 3.85. The summed E-state index contributed by atoms with van der Waals surface area (Å²) in [5, 5.41) is 0. The summed E-state index contributed by atoms with van der Waals surface area (Å²) in [5.74, 6) is 0.818. The van der Waals surface area contributed by atoms with E-state index in [1.807, 2.05) is 36.0 Å². The predicted octanol–water partition coefficient (Wildman–Crippen LogP) is 2.20. The Labute approximate surface area is 148 Å². The normalized spacial score (nSPS) is 19.9. The first-order chi connectivity index (χ1) is 12.1. The molecule has 0 radical (unpaired) electrons. The van der Waals surface area contributed by atoms with Crippen LogP contribution in [-0.4, -0.2) is 61.0 Å². The first-order valence-corrected chi connectivity index (χ1v) is 8.88. The van der Waals surface area contributed by atoms with Gasteiger partial charge in [-0.25, -0.2) is 4.98 Å². The maximum atomic E-state index is 13.2. The standard InChI is InChI=1S/C20H24N4O/c1-22(2)19-17(8-5-10-21-19)20(25)24-13-12-23-11-9-15-6-3-4-7-16(15)18(23)14-24/h3-8,10,18H,9,11-14H2,1-2H3. The molecule has 1 fully saturated rings. The van der Waals surface area contributed by atoms with E-state index in [-0.39, 0.29) is 5.91 Å². The first kappa shape index (κ1) is 16.1. The molecule has 0 saturated carbocycles. The minimum Gasteiger partial charge on any atom is -0.362 e. The number of carbonyl (C=O) groups excluding carboxylic acids is 1. The molecular weight excluding hydrogens is 312 g/mol. The van der Waals surface area contributed by atoms with Crippen molar-refractivity contribution in [3.63, 3.8) is 0 Å². The van der Waals surface area contributed by atoms with Gasteiger partial charge in [-0.3, -0.25) is 9.69 Å². The smallest absolute Gasteiger partial charge is 0.257 e. The molecule has 1 atom stereocenters. The van der Waals surface area contributed by atoms with E-state index < -0.39 is 0 Å². The Morgan fingerprint density at radius 1 is 1.12 bits per heavy atom. The molecule has 1 saturated heterocycles. The molecule has 0 bridgehead atoms. The fourth-order valence-corrected chi connectivity index (χ4v) is 4.01. The molecule has 130 valence electrons. The molecule has 3 heterocycles. The molecule has 0 N–H and O–H groups in total. The van der Waals surface area contributed by atoms with Crippen LogP contribution >= 0.6 is 0 Å². The minimum absolute atomic E-state index is 0.0829. The molecule has 4 rings (SSSR count). The highest BCUT2D eigenvalue weighted by Crippen LogP contribution is 2.33. The molecule has 1 aromatic heterocycles. The molecule has 1 aromatic carbocycles. The monoisotopic (exact) mass is 336 g/mol. The minimum atomic E-state index is 0.0829. The number of anilines is 1. The fourth-order valence-electron chi connectivity index (χ4n) is 4.01. The van der Waals surface area contributed by atoms with Gasteiger partial charge in [0, 0.05) is 46.5 Å². The van der Waals surface area contributed by atoms with Crippen LogP contribution < -0.4 is 4.90 Å². The average molecular weight is 336 g/mol. The molecule has 1 amide bonds. The fraction of sp³-hybridized carbons (Fsp3) is 0.400. The van der Waals surface area contributed by atoms with Gasteiger partial charge in [0.1, 0.15) is 5.82 Å². The molecule has 0 spiro atoms. The third-order valence-corrected chi connectivity index (χ3v) is 5.30. The highest BCUT2D eigenvalue weighted by Gasteiger charge is 2.34. The van der Waals surface area contributed by atoms with E-state index in [2.05, 4.69) is 34.1 Å². The van der Waals surface area contributed by atoms with Gasteiger partial charge in [0.25, 0.3) is 5.91 Å². The SMILES string of the molecule is CN(C)c1ncccc1C(=O)N1CCN2CCc3ccccc3C2C1. The van der Waals surface area contributed by atoms with E-state index in [0.717, 1.165) is 38.4 Å². The summed E-state index contributed by atoms with van der Waals surface area (Å²) < 4.78 is 0. The van der Waals surface area contributed by atoms with Gasteiger partial charge in [-0.2, -0.15) is 0 Å². The molecule has 2 aromatic rings. The van der Waals surface area contributed by atoms with Gasteiger partial charge in [-0.15, -0.1) is 0 Å². The zero-order valence-corrected chi connectivity index (χ0v) is 14.9. The lowest BCUT2D eigenvalue weighted by Gasteiger charge is -2.45. The van der Waals surface area contributed by atoms with E-state index in [0.29, 0.717) is 11.6 Å². The summed E-state index contributed by atoms with van der Waals surface area (Å²) in [6, 6.07) is 12.7. The van der Waals surface area contributed by atoms with Crippen LogP contribution in [0.25, 0.3) is 0 Å². The molecule has 2 aliphatic heterocycles. The van der Waals surface area contributed by atoms with Gasteiger partial charge in [0.2, 0.25) is 0 Å². The first-order valence-electron chi connectivity index (χ1n) is 8.88. The molecule has 5 nitrogen and oxygen atoms in total. The number of pyridine rings is 1. The predicted molar refractivity (Wildman–Crippen MR) is 98.9 cm³/mol. The van der Waals surface area contributed by atoms with Crippen LogP contribution in [0.2, 0.25) is 0 Å². The Balaban J connectivity index is 1.61. The second-order valence-electron chi connectivity index (χ2n) is 7.02. The summed E-state index contributed by atoms with van der Waals surface area (Å²) in [4.78, 5) is 23.9. The van der Waals surface area contributed by atoms with Crippen LogP contribution in [0.1, 0.15) is 27.5 Å². The number of piperazine rings is 1. The number of fused-ring (bicyclic) bond motifs is 3. The van der Waals surface area contributed by atoms with E-state index in [4.69, 9.17) is 0 Å². The molecule has 2 aliphatic rings. The van der Waals surface area contributed by atoms with Crippen molar-refractivity contribution >= 4 is 11.7 Å². The van der Waals surface area contributed by atoms with Gasteiger partial charge in [-0.05, 0) is 29.7 Å². The Morgan fingerprint density at radius 3 is 2.80 bits per heavy atom. The lowest BCUT2D eigenvalue weighted by molar-refractivity contribution is 0.0454. The Morgan fingerprint density at radius 2 is 1.96 bits per heavy atom. The number of hydrogen-bond donors (Lipinski definition) is 0. The van der Waals surface area contributed by atoms with Crippen LogP contribution in [-0.2, 0) is 6.42 Å². The van der Waals surface area contributed by atoms with E-state index in [9.17, 15) is 4.79 Å². The summed E-state index contributed by atoms with van der Waals surface area (Å²) in [6.45, 7) is 3.54. The number of aromatic nitrogens is 1. The molecule has 1 unspecified atom stereocenters. The zero-order chi connectivity index (χ0) is 17.4. The van der Waals surface area contributed by atoms with Crippen molar-refractivity contribution < 1.29 is 4.79 Å². The Hall–Kier alpha value is -2.40. The van der Waals surface area contributed by atoms with Gasteiger partial charge in [0.15, 0.2) is 0 Å². The van der Waals surface area contributed by atoms with Crippen molar-refractivity contribution in [2.75, 3.05) is 45.2 Å². The summed E-state index contributed by atoms with van der Waals surface area (Å²) >= 11 is 0. The Bertz CT molecular complexity index is 789. The van der Waals surface area contributed by atoms with Crippen molar-refractivity contribution in [1.29, 1.82) is 0 Å². The second-order valence-corrected chi connectivity index (χ2v) is 7.02. The second kappa shape index (κ2) is 6.48. The van der Waals surface area contributed by atoms with Crippen LogP contribution in [0.4, 0.5) is 5.82 Å². The number of amides is 1. The number of carbonyl (C=O) groups is 1. The van der Waals surface area contributed by atoms with Crippen molar-refractivity contribution in [3.8, 4) is 0 Å². The quantitative estimate of drug-likeness (QED) is 0.843. The largest absolute Gasteiger partial charge is 0.362 e. The Kier molecular flexibility index (Phi) is 4.17. The summed E-state index contributed by atoms with van der Waals surface area (Å²) in [5.41, 5.74) is 3.49. The van der Waals surface area contributed by atoms with Crippen LogP contribution in [0.3, 0.4) is 0 Å². The third kappa shape index (κ3) is 2.89. The lowest BCUT2D eigenvalue weighted by atomic mass is 9.91. The van der Waals surface area contributed by atoms with E-state index in [1.54, 1.807) is 6.20 Å². The lowest BCUT2D eigenvalue weighted by Crippen LogP contribution is -2.52. The van der Waals surface area contributed by atoms with Crippen molar-refractivity contribution in [2.45, 2.75) is 12.5 Å². The number of hydrogen-bond acceptors (Lipinski definition) is 4. The van der Waals surface area contributed by atoms with Crippen molar-refractivity contribution in [3.05, 3.63) is 59.3 Å². The highest BCUT2D eigenvalue weighted by atomic mass is 16.2. The maximum absolute atomic E-state index is 13.2. The van der Waals surface area contributed by atoms with Gasteiger partial charge in [0.05, 0.1) is 11.6 Å². The number of rotatable bonds is 2. The third-order valence-electron chi connectivity index (χ3n) is 5.30. The van der Waals surface area contributed by atoms with Gasteiger partial charge in [-0.1, -0.05) is 24.3 Å². The van der Waals surface area contributed by atoms with Crippen molar-refractivity contribution in [2.24, 2.45) is 0 Å². The average Bonchev–Trinajstić information content (AvgIpc) is 2.67. The van der Waals surface area contributed by atoms with E-state index >= 15 is 0 Å². The summed E-state index contributed by atoms with van der Waals surface area (Å²) in [6.07, 6.45) is 2.84. The maximum Gasteiger partial charge on any atom is 0.257 e. The number of nitrogens with zero attached hydrogens (tertiary/aromatic N) is 4. The topological polar surface area (TPSA) is 39.7 Å². The molecule has 0 aliphatic carbocycles. The van der Waals surface area contributed by atoms with Crippen LogP contribution in [0.15, 0.2) is 42.6 Å². The van der Waals surface area contributed by atoms with Crippen LogP contribution in [0, 0.1) is 0 Å². The van der Waals surface area contributed by atoms with Gasteiger partial charge >= 0.3 is 0 Å². The zero-order valence-electron chi connectivity index (χ0n) is 14.9. The van der Waals surface area contributed by atoms with Crippen molar-refractivity contribution in [1.82, 2.24) is 14.8 Å². The molecule has 25 heavy (non-hydrogen) atoms. The molecular formula is C20H24N4O. The van der Waals surface area contributed by atoms with E-state index in [1.165, 1.54) is 11.1 Å². The van der Waals surface area contributed by atoms with Gasteiger partial charge < -0.3 is 9.80 Å².